The molecule has 1 aromatic carbocycles. The molecule has 1 heterocycles. The Hall–Kier alpha value is -1.55. The third-order valence-electron chi connectivity index (χ3n) is 4.00. The first kappa shape index (κ1) is 13.9. The van der Waals surface area contributed by atoms with Crippen LogP contribution in [0, 0.1) is 5.92 Å². The lowest BCUT2D eigenvalue weighted by molar-refractivity contribution is 0.0601. The molecule has 2 unspecified atom stereocenters. The van der Waals surface area contributed by atoms with E-state index in [2.05, 4.69) is 17.1 Å². The standard InChI is InChI=1S/C15H22N2O2/c1-11-12(10-16-2)8-9-17(11)14-7-5-4-6-13(14)15(18)19-3/h4-7,11-12,16H,8-10H2,1-3H3. The van der Waals surface area contributed by atoms with Crippen LogP contribution in [-0.4, -0.2) is 39.3 Å². The van der Waals surface area contributed by atoms with Crippen LogP contribution in [0.5, 0.6) is 0 Å². The van der Waals surface area contributed by atoms with Crippen molar-refractivity contribution in [3.05, 3.63) is 29.8 Å². The molecule has 1 saturated heterocycles. The van der Waals surface area contributed by atoms with Crippen molar-refractivity contribution < 1.29 is 9.53 Å². The van der Waals surface area contributed by atoms with Crippen LogP contribution in [0.1, 0.15) is 23.7 Å². The molecule has 0 amide bonds. The lowest BCUT2D eigenvalue weighted by atomic mass is 10.0. The van der Waals surface area contributed by atoms with Gasteiger partial charge in [0.25, 0.3) is 0 Å². The molecule has 0 saturated carbocycles. The van der Waals surface area contributed by atoms with Crippen LogP contribution in [0.25, 0.3) is 0 Å². The van der Waals surface area contributed by atoms with Crippen molar-refractivity contribution >= 4 is 11.7 Å². The molecule has 1 aliphatic rings. The van der Waals surface area contributed by atoms with Crippen molar-refractivity contribution in [1.29, 1.82) is 0 Å². The van der Waals surface area contributed by atoms with E-state index in [1.165, 1.54) is 7.11 Å². The summed E-state index contributed by atoms with van der Waals surface area (Å²) in [4.78, 5) is 14.2. The Labute approximate surface area is 114 Å². The molecule has 1 fully saturated rings. The molecule has 19 heavy (non-hydrogen) atoms. The maximum atomic E-state index is 11.8. The lowest BCUT2D eigenvalue weighted by Crippen LogP contribution is -2.34. The Morgan fingerprint density at radius 1 is 1.47 bits per heavy atom. The number of esters is 1. The summed E-state index contributed by atoms with van der Waals surface area (Å²) in [5.41, 5.74) is 1.64. The highest BCUT2D eigenvalue weighted by molar-refractivity contribution is 5.95. The monoisotopic (exact) mass is 262 g/mol. The molecular weight excluding hydrogens is 240 g/mol. The van der Waals surface area contributed by atoms with Gasteiger partial charge in [-0.05, 0) is 45.0 Å². The number of nitrogens with one attached hydrogen (secondary N) is 1. The minimum absolute atomic E-state index is 0.264. The fourth-order valence-corrected chi connectivity index (χ4v) is 2.89. The molecular formula is C15H22N2O2. The molecule has 2 rings (SSSR count). The number of nitrogens with zero attached hydrogens (tertiary/aromatic N) is 1. The summed E-state index contributed by atoms with van der Waals surface area (Å²) >= 11 is 0. The second-order valence-corrected chi connectivity index (χ2v) is 5.05. The lowest BCUT2D eigenvalue weighted by Gasteiger charge is -2.28. The highest BCUT2D eigenvalue weighted by Gasteiger charge is 2.32. The highest BCUT2D eigenvalue weighted by Crippen LogP contribution is 2.31. The third kappa shape index (κ3) is 2.73. The maximum Gasteiger partial charge on any atom is 0.339 e. The van der Waals surface area contributed by atoms with Crippen LogP contribution in [0.3, 0.4) is 0 Å². The van der Waals surface area contributed by atoms with Gasteiger partial charge in [0.05, 0.1) is 18.4 Å². The minimum atomic E-state index is -0.264. The molecule has 0 spiro atoms. The van der Waals surface area contributed by atoms with Gasteiger partial charge in [0, 0.05) is 12.6 Å². The Morgan fingerprint density at radius 2 is 2.21 bits per heavy atom. The predicted octanol–water partition coefficient (Wildman–Crippen LogP) is 1.91. The van der Waals surface area contributed by atoms with Crippen LogP contribution in [-0.2, 0) is 4.74 Å². The number of hydrogen-bond donors (Lipinski definition) is 1. The number of hydrogen-bond acceptors (Lipinski definition) is 4. The van der Waals surface area contributed by atoms with Crippen LogP contribution in [0.4, 0.5) is 5.69 Å². The normalized spacial score (nSPS) is 22.6. The number of carbonyl (C=O) groups is 1. The Kier molecular flexibility index (Phi) is 4.43. The van der Waals surface area contributed by atoms with Gasteiger partial charge in [0.1, 0.15) is 0 Å². The number of anilines is 1. The second-order valence-electron chi connectivity index (χ2n) is 5.05. The second kappa shape index (κ2) is 6.06. The van der Waals surface area contributed by atoms with Crippen LogP contribution >= 0.6 is 0 Å². The molecule has 2 atom stereocenters. The van der Waals surface area contributed by atoms with E-state index < -0.39 is 0 Å². The third-order valence-corrected chi connectivity index (χ3v) is 4.00. The van der Waals surface area contributed by atoms with Gasteiger partial charge in [0.15, 0.2) is 0 Å². The van der Waals surface area contributed by atoms with Gasteiger partial charge in [0.2, 0.25) is 0 Å². The van der Waals surface area contributed by atoms with E-state index in [1.807, 2.05) is 31.3 Å². The van der Waals surface area contributed by atoms with Crippen LogP contribution in [0.15, 0.2) is 24.3 Å². The molecule has 1 aliphatic heterocycles. The zero-order chi connectivity index (χ0) is 13.8. The zero-order valence-corrected chi connectivity index (χ0v) is 11.8. The van der Waals surface area contributed by atoms with Gasteiger partial charge >= 0.3 is 5.97 Å². The summed E-state index contributed by atoms with van der Waals surface area (Å²) in [6.45, 7) is 4.22. The molecule has 4 heteroatoms. The minimum Gasteiger partial charge on any atom is -0.465 e. The van der Waals surface area contributed by atoms with Crippen molar-refractivity contribution in [3.63, 3.8) is 0 Å². The molecule has 1 aromatic rings. The highest BCUT2D eigenvalue weighted by atomic mass is 16.5. The number of carbonyl (C=O) groups excluding carboxylic acids is 1. The van der Waals surface area contributed by atoms with Crippen LogP contribution < -0.4 is 10.2 Å². The van der Waals surface area contributed by atoms with Gasteiger partial charge in [-0.15, -0.1) is 0 Å². The zero-order valence-electron chi connectivity index (χ0n) is 11.8. The number of para-hydroxylation sites is 1. The average molecular weight is 262 g/mol. The first-order valence-electron chi connectivity index (χ1n) is 6.77. The molecule has 0 radical (unpaired) electrons. The molecule has 1 N–H and O–H groups in total. The number of rotatable bonds is 4. The van der Waals surface area contributed by atoms with Gasteiger partial charge in [-0.25, -0.2) is 4.79 Å². The van der Waals surface area contributed by atoms with E-state index in [0.717, 1.165) is 25.2 Å². The van der Waals surface area contributed by atoms with Crippen molar-refractivity contribution in [2.24, 2.45) is 5.92 Å². The number of methoxy groups -OCH3 is 1. The largest absolute Gasteiger partial charge is 0.465 e. The van der Waals surface area contributed by atoms with Gasteiger partial charge in [-0.2, -0.15) is 0 Å². The topological polar surface area (TPSA) is 41.6 Å². The van der Waals surface area contributed by atoms with Crippen molar-refractivity contribution in [2.45, 2.75) is 19.4 Å². The van der Waals surface area contributed by atoms with Crippen molar-refractivity contribution in [2.75, 3.05) is 32.1 Å². The fourth-order valence-electron chi connectivity index (χ4n) is 2.89. The number of ether oxygens (including phenoxy) is 1. The molecule has 104 valence electrons. The molecule has 0 bridgehead atoms. The Balaban J connectivity index is 2.25. The molecule has 4 nitrogen and oxygen atoms in total. The maximum absolute atomic E-state index is 11.8. The number of benzene rings is 1. The first-order chi connectivity index (χ1) is 9.19. The van der Waals surface area contributed by atoms with E-state index in [1.54, 1.807) is 0 Å². The van der Waals surface area contributed by atoms with E-state index >= 15 is 0 Å². The average Bonchev–Trinajstić information content (AvgIpc) is 2.80. The van der Waals surface area contributed by atoms with Crippen molar-refractivity contribution in [3.8, 4) is 0 Å². The summed E-state index contributed by atoms with van der Waals surface area (Å²) in [5, 5.41) is 3.24. The Morgan fingerprint density at radius 3 is 2.89 bits per heavy atom. The van der Waals surface area contributed by atoms with E-state index in [-0.39, 0.29) is 5.97 Å². The van der Waals surface area contributed by atoms with Gasteiger partial charge < -0.3 is 15.0 Å². The summed E-state index contributed by atoms with van der Waals surface area (Å²) < 4.78 is 4.87. The van der Waals surface area contributed by atoms with E-state index in [9.17, 15) is 4.79 Å². The Bertz CT molecular complexity index is 448. The molecule has 0 aliphatic carbocycles. The SMILES string of the molecule is CNCC1CCN(c2ccccc2C(=O)OC)C1C. The summed E-state index contributed by atoms with van der Waals surface area (Å²) in [5.74, 6) is 0.357. The quantitative estimate of drug-likeness (QED) is 0.842. The van der Waals surface area contributed by atoms with Gasteiger partial charge in [-0.1, -0.05) is 12.1 Å². The first-order valence-corrected chi connectivity index (χ1v) is 6.77. The van der Waals surface area contributed by atoms with Gasteiger partial charge in [-0.3, -0.25) is 0 Å². The smallest absolute Gasteiger partial charge is 0.339 e. The summed E-state index contributed by atoms with van der Waals surface area (Å²) in [6.07, 6.45) is 1.15. The van der Waals surface area contributed by atoms with Crippen LogP contribution in [0.2, 0.25) is 0 Å². The van der Waals surface area contributed by atoms with E-state index in [0.29, 0.717) is 17.5 Å². The van der Waals surface area contributed by atoms with Crippen molar-refractivity contribution in [1.82, 2.24) is 5.32 Å². The van der Waals surface area contributed by atoms with E-state index in [4.69, 9.17) is 4.74 Å². The fraction of sp³-hybridized carbons (Fsp3) is 0.533. The molecule has 0 aromatic heterocycles. The summed E-state index contributed by atoms with van der Waals surface area (Å²) in [7, 11) is 3.41. The predicted molar refractivity (Wildman–Crippen MR) is 76.6 cm³/mol. The summed E-state index contributed by atoms with van der Waals surface area (Å²) in [6, 6.07) is 8.11.